The number of rotatable bonds is 3. The predicted octanol–water partition coefficient (Wildman–Crippen LogP) is 6.34. The molecule has 3 fully saturated rings. The van der Waals surface area contributed by atoms with Crippen LogP contribution in [0.3, 0.4) is 0 Å². The summed E-state index contributed by atoms with van der Waals surface area (Å²) < 4.78 is 0. The summed E-state index contributed by atoms with van der Waals surface area (Å²) >= 11 is 0. The fraction of sp³-hybridized carbons (Fsp3) is 0.952. The summed E-state index contributed by atoms with van der Waals surface area (Å²) in [5, 5.41) is 9.05. The second-order valence-electron chi connectivity index (χ2n) is 8.60. The van der Waals surface area contributed by atoms with Gasteiger partial charge in [0, 0.05) is 5.92 Å². The van der Waals surface area contributed by atoms with Crippen LogP contribution in [0.5, 0.6) is 0 Å². The zero-order valence-corrected chi connectivity index (χ0v) is 14.6. The van der Waals surface area contributed by atoms with E-state index >= 15 is 0 Å². The van der Waals surface area contributed by atoms with Gasteiger partial charge in [-0.3, -0.25) is 0 Å². The molecule has 0 radical (unpaired) electrons. The Morgan fingerprint density at radius 2 is 1.00 bits per heavy atom. The molecule has 3 rings (SSSR count). The lowest BCUT2D eigenvalue weighted by atomic mass is 9.65. The molecule has 0 amide bonds. The monoisotopic (exact) mass is 301 g/mol. The predicted molar refractivity (Wildman–Crippen MR) is 92.2 cm³/mol. The molecule has 0 N–H and O–H groups in total. The average molecular weight is 302 g/mol. The van der Waals surface area contributed by atoms with Crippen LogP contribution >= 0.6 is 0 Å². The van der Waals surface area contributed by atoms with E-state index in [4.69, 9.17) is 5.26 Å². The minimum absolute atomic E-state index is 0.376. The van der Waals surface area contributed by atoms with E-state index in [1.54, 1.807) is 0 Å². The van der Waals surface area contributed by atoms with Crippen molar-refractivity contribution in [2.24, 2.45) is 35.5 Å². The summed E-state index contributed by atoms with van der Waals surface area (Å²) in [4.78, 5) is 0. The van der Waals surface area contributed by atoms with Gasteiger partial charge in [-0.2, -0.15) is 5.26 Å². The number of nitriles is 1. The van der Waals surface area contributed by atoms with E-state index in [0.717, 1.165) is 29.6 Å². The zero-order valence-electron chi connectivity index (χ0n) is 14.6. The molecule has 0 bridgehead atoms. The van der Waals surface area contributed by atoms with Crippen molar-refractivity contribution in [2.45, 2.75) is 90.4 Å². The maximum Gasteiger partial charge on any atom is 0.0655 e. The largest absolute Gasteiger partial charge is 0.198 e. The fourth-order valence-corrected chi connectivity index (χ4v) is 5.88. The molecule has 0 unspecified atom stereocenters. The summed E-state index contributed by atoms with van der Waals surface area (Å²) in [6.07, 6.45) is 18.6. The summed E-state index contributed by atoms with van der Waals surface area (Å²) in [7, 11) is 0. The van der Waals surface area contributed by atoms with Gasteiger partial charge in [0.1, 0.15) is 0 Å². The van der Waals surface area contributed by atoms with Crippen molar-refractivity contribution in [3.05, 3.63) is 0 Å². The highest BCUT2D eigenvalue weighted by Gasteiger charge is 2.34. The van der Waals surface area contributed by atoms with E-state index in [1.807, 2.05) is 0 Å². The molecule has 0 aromatic rings. The Balaban J connectivity index is 1.40. The van der Waals surface area contributed by atoms with E-state index in [9.17, 15) is 0 Å². The molecular formula is C21H35N. The van der Waals surface area contributed by atoms with Gasteiger partial charge in [-0.15, -0.1) is 0 Å². The highest BCUT2D eigenvalue weighted by Crippen LogP contribution is 2.46. The Kier molecular flexibility index (Phi) is 5.83. The normalized spacial score (nSPS) is 43.5. The Labute approximate surface area is 137 Å². The quantitative estimate of drug-likeness (QED) is 0.596. The Morgan fingerprint density at radius 3 is 1.36 bits per heavy atom. The van der Waals surface area contributed by atoms with E-state index in [0.29, 0.717) is 5.92 Å². The van der Waals surface area contributed by atoms with Gasteiger partial charge in [0.05, 0.1) is 6.07 Å². The van der Waals surface area contributed by atoms with Gasteiger partial charge in [-0.25, -0.2) is 0 Å². The van der Waals surface area contributed by atoms with Gasteiger partial charge in [0.15, 0.2) is 0 Å². The van der Waals surface area contributed by atoms with Crippen LogP contribution in [0, 0.1) is 46.8 Å². The molecule has 1 heteroatoms. The summed E-state index contributed by atoms with van der Waals surface area (Å²) in [5.41, 5.74) is 0. The van der Waals surface area contributed by atoms with Gasteiger partial charge in [0.2, 0.25) is 0 Å². The molecule has 0 aromatic carbocycles. The third-order valence-electron chi connectivity index (χ3n) is 7.57. The van der Waals surface area contributed by atoms with Crippen LogP contribution in [-0.2, 0) is 0 Å². The molecule has 0 atom stereocenters. The Bertz CT molecular complexity index is 358. The number of hydrogen-bond donors (Lipinski definition) is 0. The molecule has 0 saturated heterocycles. The lowest BCUT2D eigenvalue weighted by Gasteiger charge is -2.41. The highest BCUT2D eigenvalue weighted by atomic mass is 14.4. The fourth-order valence-electron chi connectivity index (χ4n) is 5.88. The Hall–Kier alpha value is -0.510. The average Bonchev–Trinajstić information content (AvgIpc) is 2.62. The molecular weight excluding hydrogens is 266 g/mol. The molecule has 3 saturated carbocycles. The first-order chi connectivity index (χ1) is 10.8. The molecule has 0 spiro atoms. The van der Waals surface area contributed by atoms with Crippen LogP contribution in [0.25, 0.3) is 0 Å². The first kappa shape index (κ1) is 16.4. The maximum absolute atomic E-state index is 9.05. The summed E-state index contributed by atoms with van der Waals surface area (Å²) in [6.45, 7) is 2.37. The minimum atomic E-state index is 0.376. The lowest BCUT2D eigenvalue weighted by Crippen LogP contribution is -2.29. The van der Waals surface area contributed by atoms with E-state index in [-0.39, 0.29) is 0 Å². The van der Waals surface area contributed by atoms with E-state index in [1.165, 1.54) is 83.5 Å². The molecule has 3 aliphatic carbocycles. The third-order valence-corrected chi connectivity index (χ3v) is 7.57. The van der Waals surface area contributed by atoms with E-state index < -0.39 is 0 Å². The summed E-state index contributed by atoms with van der Waals surface area (Å²) in [6, 6.07) is 2.49. The topological polar surface area (TPSA) is 23.8 Å². The van der Waals surface area contributed by atoms with Crippen LogP contribution in [0.15, 0.2) is 0 Å². The van der Waals surface area contributed by atoms with Crippen molar-refractivity contribution in [2.75, 3.05) is 0 Å². The molecule has 22 heavy (non-hydrogen) atoms. The maximum atomic E-state index is 9.05. The van der Waals surface area contributed by atoms with Crippen LogP contribution in [-0.4, -0.2) is 0 Å². The molecule has 3 aliphatic rings. The van der Waals surface area contributed by atoms with E-state index in [2.05, 4.69) is 13.0 Å². The second kappa shape index (κ2) is 7.85. The zero-order chi connectivity index (χ0) is 15.4. The second-order valence-corrected chi connectivity index (χ2v) is 8.60. The van der Waals surface area contributed by atoms with Crippen LogP contribution in [0.1, 0.15) is 90.4 Å². The molecule has 124 valence electrons. The SMILES string of the molecule is CC[C@H]1CC[C@H]([C@H]2CC[C@H]([C@H]3CC[C@@H](C#N)CC3)CC2)CC1. The smallest absolute Gasteiger partial charge is 0.0655 e. The third kappa shape index (κ3) is 3.87. The van der Waals surface area contributed by atoms with Gasteiger partial charge < -0.3 is 0 Å². The van der Waals surface area contributed by atoms with Gasteiger partial charge in [-0.05, 0) is 93.8 Å². The number of nitrogens with zero attached hydrogens (tertiary/aromatic N) is 1. The van der Waals surface area contributed by atoms with Crippen molar-refractivity contribution in [3.63, 3.8) is 0 Å². The number of hydrogen-bond acceptors (Lipinski definition) is 1. The van der Waals surface area contributed by atoms with Crippen molar-refractivity contribution >= 4 is 0 Å². The van der Waals surface area contributed by atoms with Crippen LogP contribution in [0.4, 0.5) is 0 Å². The molecule has 0 heterocycles. The van der Waals surface area contributed by atoms with Gasteiger partial charge in [-0.1, -0.05) is 26.2 Å². The van der Waals surface area contributed by atoms with Crippen molar-refractivity contribution in [1.29, 1.82) is 5.26 Å². The lowest BCUT2D eigenvalue weighted by molar-refractivity contribution is 0.108. The van der Waals surface area contributed by atoms with Crippen LogP contribution < -0.4 is 0 Å². The minimum Gasteiger partial charge on any atom is -0.198 e. The molecule has 1 nitrogen and oxygen atoms in total. The first-order valence-electron chi connectivity index (χ1n) is 10.2. The van der Waals surface area contributed by atoms with Crippen molar-refractivity contribution in [3.8, 4) is 6.07 Å². The first-order valence-corrected chi connectivity index (χ1v) is 10.2. The summed E-state index contributed by atoms with van der Waals surface area (Å²) in [5.74, 6) is 5.51. The van der Waals surface area contributed by atoms with Crippen molar-refractivity contribution in [1.82, 2.24) is 0 Å². The standard InChI is InChI=1S/C21H35N/c1-2-16-3-7-18(8-4-16)20-11-13-21(14-12-20)19-9-5-17(15-22)6-10-19/h16-21H,2-14H2,1H3/t16-,17-,18-,19+,20-,21-. The highest BCUT2D eigenvalue weighted by molar-refractivity contribution is 4.90. The van der Waals surface area contributed by atoms with Gasteiger partial charge in [0.25, 0.3) is 0 Å². The molecule has 0 aliphatic heterocycles. The molecule has 0 aromatic heterocycles. The Morgan fingerprint density at radius 1 is 0.636 bits per heavy atom. The van der Waals surface area contributed by atoms with Gasteiger partial charge >= 0.3 is 0 Å². The van der Waals surface area contributed by atoms with Crippen LogP contribution in [0.2, 0.25) is 0 Å². The van der Waals surface area contributed by atoms with Crippen molar-refractivity contribution < 1.29 is 0 Å².